The van der Waals surface area contributed by atoms with Gasteiger partial charge in [-0.05, 0) is 30.5 Å². The molecule has 0 unspecified atom stereocenters. The molecule has 3 heterocycles. The van der Waals surface area contributed by atoms with Crippen molar-refractivity contribution >= 4 is 19.8 Å². The fraction of sp³-hybridized carbons (Fsp3) is 0.533. The zero-order chi connectivity index (χ0) is 32.6. The van der Waals surface area contributed by atoms with Crippen LogP contribution >= 0.6 is 7.82 Å². The Morgan fingerprint density at radius 3 is 2.30 bits per heavy atom. The maximum atomic E-state index is 13.6. The Bertz CT molecular complexity index is 1590. The summed E-state index contributed by atoms with van der Waals surface area (Å²) in [5, 5.41) is 0. The van der Waals surface area contributed by atoms with Gasteiger partial charge >= 0.3 is 25.5 Å². The molecule has 0 bridgehead atoms. The van der Waals surface area contributed by atoms with E-state index in [-0.39, 0.29) is 19.0 Å². The van der Waals surface area contributed by atoms with E-state index in [9.17, 15) is 23.7 Å². The number of nitrogens with zero attached hydrogens (tertiary/aromatic N) is 1. The van der Waals surface area contributed by atoms with E-state index in [0.717, 1.165) is 0 Å². The fourth-order valence-corrected chi connectivity index (χ4v) is 5.54. The first kappa shape index (κ1) is 33.4. The third-order valence-corrected chi connectivity index (χ3v) is 8.18. The molecular weight excluding hydrogens is 595 g/mol. The van der Waals surface area contributed by atoms with Crippen LogP contribution in [-0.2, 0) is 49.4 Å². The van der Waals surface area contributed by atoms with Gasteiger partial charge in [0, 0.05) is 28.5 Å². The van der Waals surface area contributed by atoms with E-state index < -0.39 is 66.9 Å². The highest BCUT2D eigenvalue weighted by atomic mass is 31.2. The number of benzene rings is 1. The average molecular weight is 635 g/mol. The Balaban J connectivity index is 1.54. The van der Waals surface area contributed by atoms with Crippen molar-refractivity contribution in [2.24, 2.45) is 11.8 Å². The molecular formula is C30H39N2O11P. The minimum Gasteiger partial charge on any atom is -0.420 e. The van der Waals surface area contributed by atoms with Gasteiger partial charge in [0.25, 0.3) is 11.8 Å². The maximum absolute atomic E-state index is 13.6. The third-order valence-electron chi connectivity index (χ3n) is 6.86. The summed E-state index contributed by atoms with van der Waals surface area (Å²) in [6.45, 7) is 13.7. The molecule has 2 aliphatic rings. The smallest absolute Gasteiger partial charge is 0.420 e. The van der Waals surface area contributed by atoms with Gasteiger partial charge in [-0.2, -0.15) is 0 Å². The predicted molar refractivity (Wildman–Crippen MR) is 158 cm³/mol. The zero-order valence-corrected chi connectivity index (χ0v) is 27.0. The zero-order valence-electron chi connectivity index (χ0n) is 26.1. The minimum atomic E-state index is -4.12. The lowest BCUT2D eigenvalue weighted by Crippen LogP contribution is -2.33. The van der Waals surface area contributed by atoms with Gasteiger partial charge in [-0.3, -0.25) is 33.0 Å². The molecule has 1 aromatic heterocycles. The van der Waals surface area contributed by atoms with E-state index in [0.29, 0.717) is 22.3 Å². The van der Waals surface area contributed by atoms with Crippen molar-refractivity contribution < 1.29 is 41.9 Å². The number of hydrogen-bond donors (Lipinski definition) is 1. The molecule has 3 atom stereocenters. The fourth-order valence-electron chi connectivity index (χ4n) is 4.30. The quantitative estimate of drug-likeness (QED) is 0.176. The van der Waals surface area contributed by atoms with Crippen LogP contribution in [0.15, 0.2) is 40.1 Å². The van der Waals surface area contributed by atoms with Crippen LogP contribution in [0.5, 0.6) is 5.75 Å². The van der Waals surface area contributed by atoms with Gasteiger partial charge in [-0.15, -0.1) is 0 Å². The number of rotatable bonds is 9. The van der Waals surface area contributed by atoms with Crippen LogP contribution < -0.4 is 15.8 Å². The lowest BCUT2D eigenvalue weighted by Gasteiger charge is -2.32. The molecule has 2 aromatic rings. The van der Waals surface area contributed by atoms with Crippen LogP contribution in [0.3, 0.4) is 0 Å². The summed E-state index contributed by atoms with van der Waals surface area (Å²) in [5.74, 6) is -1.72. The van der Waals surface area contributed by atoms with Crippen LogP contribution in [0.4, 0.5) is 0 Å². The Labute approximate surface area is 255 Å². The largest absolute Gasteiger partial charge is 0.530 e. The minimum absolute atomic E-state index is 0.164. The van der Waals surface area contributed by atoms with Gasteiger partial charge in [-0.1, -0.05) is 54.5 Å². The number of nitrogens with one attached hydrogen (secondary N) is 1. The summed E-state index contributed by atoms with van der Waals surface area (Å²) in [6, 6.07) is 3.31. The molecule has 1 N–H and O–H groups in total. The molecule has 14 heteroatoms. The van der Waals surface area contributed by atoms with Crippen molar-refractivity contribution in [1.29, 1.82) is 0 Å². The number of ether oxygens (including phenoxy) is 3. The van der Waals surface area contributed by atoms with Crippen LogP contribution in [0.25, 0.3) is 0 Å². The molecule has 0 fully saturated rings. The number of aromatic amines is 1. The number of esters is 2. The van der Waals surface area contributed by atoms with Gasteiger partial charge in [0.05, 0.1) is 25.0 Å². The molecule has 240 valence electrons. The van der Waals surface area contributed by atoms with E-state index in [2.05, 4.69) is 4.98 Å². The van der Waals surface area contributed by atoms with E-state index in [1.54, 1.807) is 58.9 Å². The molecule has 0 saturated carbocycles. The number of H-pyrrole nitrogens is 1. The van der Waals surface area contributed by atoms with Crippen LogP contribution in [0, 0.1) is 18.8 Å². The first-order valence-electron chi connectivity index (χ1n) is 14.3. The molecule has 0 aliphatic carbocycles. The number of aromatic nitrogens is 2. The molecule has 1 aromatic carbocycles. The molecule has 0 radical (unpaired) electrons. The van der Waals surface area contributed by atoms with Gasteiger partial charge < -0.3 is 18.7 Å². The number of phosphoric ester groups is 1. The number of aryl methyl sites for hydroxylation is 1. The molecule has 0 amide bonds. The summed E-state index contributed by atoms with van der Waals surface area (Å²) in [7, 11) is -4.12. The highest BCUT2D eigenvalue weighted by Gasteiger charge is 2.40. The van der Waals surface area contributed by atoms with Crippen LogP contribution in [0.1, 0.15) is 83.2 Å². The van der Waals surface area contributed by atoms with E-state index >= 15 is 0 Å². The van der Waals surface area contributed by atoms with Crippen molar-refractivity contribution in [2.45, 2.75) is 86.0 Å². The first-order chi connectivity index (χ1) is 20.5. The van der Waals surface area contributed by atoms with Gasteiger partial charge in [0.1, 0.15) is 11.9 Å². The topological polar surface area (TPSA) is 161 Å². The normalized spacial score (nSPS) is 21.4. The summed E-state index contributed by atoms with van der Waals surface area (Å²) in [4.78, 5) is 51.2. The lowest BCUT2D eigenvalue weighted by molar-refractivity contribution is -0.194. The molecule has 13 nitrogen and oxygen atoms in total. The van der Waals surface area contributed by atoms with Gasteiger partial charge in [0.2, 0.25) is 0 Å². The molecule has 4 rings (SSSR count). The van der Waals surface area contributed by atoms with Gasteiger partial charge in [-0.25, -0.2) is 9.36 Å². The highest BCUT2D eigenvalue weighted by molar-refractivity contribution is 7.49. The second kappa shape index (κ2) is 12.8. The Kier molecular flexibility index (Phi) is 9.75. The monoisotopic (exact) mass is 634 g/mol. The number of hydrogen-bond acceptors (Lipinski definition) is 11. The molecule has 0 saturated heterocycles. The second-order valence-corrected chi connectivity index (χ2v) is 14.0. The Morgan fingerprint density at radius 2 is 1.70 bits per heavy atom. The van der Waals surface area contributed by atoms with Crippen molar-refractivity contribution in [3.05, 3.63) is 73.6 Å². The van der Waals surface area contributed by atoms with E-state index in [1.807, 2.05) is 20.8 Å². The summed E-state index contributed by atoms with van der Waals surface area (Å²) in [5.41, 5.74) is 0.173. The number of carbonyl (C=O) groups is 2. The number of phosphoric acid groups is 1. The van der Waals surface area contributed by atoms with E-state index in [4.69, 9.17) is 27.8 Å². The summed E-state index contributed by atoms with van der Waals surface area (Å²) < 4.78 is 48.9. The molecule has 44 heavy (non-hydrogen) atoms. The Hall–Kier alpha value is -3.51. The van der Waals surface area contributed by atoms with Crippen molar-refractivity contribution in [2.75, 3.05) is 6.61 Å². The van der Waals surface area contributed by atoms with Crippen molar-refractivity contribution in [3.63, 3.8) is 0 Å². The maximum Gasteiger partial charge on any atom is 0.530 e. The lowest BCUT2D eigenvalue weighted by atomic mass is 9.84. The molecule has 2 aliphatic heterocycles. The third kappa shape index (κ3) is 7.58. The second-order valence-electron chi connectivity index (χ2n) is 12.4. The SMILES string of the molecule is Cc1cn([C@H]2C=C[C@@H](CO[P@@]3(=O)OCc4cc(C(OC(=O)C(C)C)OC(=O)C(C)C)cc(C(C)(C)C)c4O3)O2)c(=O)[nH]c1=O. The molecule has 0 spiro atoms. The van der Waals surface area contributed by atoms with Crippen molar-refractivity contribution in [3.8, 4) is 5.75 Å². The average Bonchev–Trinajstić information content (AvgIpc) is 3.41. The number of carbonyl (C=O) groups excluding carboxylic acids is 2. The van der Waals surface area contributed by atoms with Crippen molar-refractivity contribution in [1.82, 2.24) is 9.55 Å². The first-order valence-corrected chi connectivity index (χ1v) is 15.8. The highest BCUT2D eigenvalue weighted by Crippen LogP contribution is 2.57. The Morgan fingerprint density at radius 1 is 1.07 bits per heavy atom. The van der Waals surface area contributed by atoms with Gasteiger partial charge in [0.15, 0.2) is 6.23 Å². The standard InChI is InChI=1S/C30H39N2O11P/c1-16(2)26(34)41-28(42-27(35)17(3)4)19-11-20-14-38-44(37,43-24(20)22(12-19)30(6,7)8)39-15-21-9-10-23(40-21)32-13-18(5)25(33)31-29(32)36/h9-13,16-17,21,23,28H,14-15H2,1-8H3,(H,31,33,36)/t21-,23+,44+/m0/s1. The number of fused-ring (bicyclic) bond motifs is 1. The van der Waals surface area contributed by atoms with Crippen LogP contribution in [-0.4, -0.2) is 34.2 Å². The van der Waals surface area contributed by atoms with Crippen LogP contribution in [0.2, 0.25) is 0 Å². The summed E-state index contributed by atoms with van der Waals surface area (Å²) in [6.07, 6.45) is 1.87. The predicted octanol–water partition coefficient (Wildman–Crippen LogP) is 4.73. The summed E-state index contributed by atoms with van der Waals surface area (Å²) >= 11 is 0. The van der Waals surface area contributed by atoms with E-state index in [1.165, 1.54) is 10.8 Å².